The molecule has 1 aromatic carbocycles. The molecule has 24 heavy (non-hydrogen) atoms. The van der Waals surface area contributed by atoms with Gasteiger partial charge < -0.3 is 10.5 Å². The number of ether oxygens (including phenoxy) is 1. The van der Waals surface area contributed by atoms with Crippen LogP contribution in [0.3, 0.4) is 0 Å². The van der Waals surface area contributed by atoms with Crippen molar-refractivity contribution in [3.63, 3.8) is 0 Å². The van der Waals surface area contributed by atoms with Gasteiger partial charge in [-0.25, -0.2) is 4.98 Å². The van der Waals surface area contributed by atoms with Crippen LogP contribution in [-0.2, 0) is 0 Å². The summed E-state index contributed by atoms with van der Waals surface area (Å²) in [7, 11) is 0. The molecule has 0 saturated heterocycles. The zero-order valence-electron chi connectivity index (χ0n) is 11.9. The molecule has 3 rings (SSSR count). The second kappa shape index (κ2) is 5.76. The predicted octanol–water partition coefficient (Wildman–Crippen LogP) is 2.69. The Labute approximate surface area is 133 Å². The van der Waals surface area contributed by atoms with Crippen molar-refractivity contribution in [3.05, 3.63) is 48.5 Å². The highest BCUT2D eigenvalue weighted by molar-refractivity contribution is 5.95. The Morgan fingerprint density at radius 3 is 2.42 bits per heavy atom. The summed E-state index contributed by atoms with van der Waals surface area (Å²) in [6.45, 7) is 0. The zero-order chi connectivity index (χ0) is 17.3. The lowest BCUT2D eigenvalue weighted by molar-refractivity contribution is -0.274. The van der Waals surface area contributed by atoms with Gasteiger partial charge in [-0.15, -0.1) is 13.2 Å². The van der Waals surface area contributed by atoms with Gasteiger partial charge in [-0.05, 0) is 17.7 Å². The van der Waals surface area contributed by atoms with E-state index in [2.05, 4.69) is 19.7 Å². The van der Waals surface area contributed by atoms with Gasteiger partial charge in [0.25, 0.3) is 5.91 Å². The molecule has 0 aliphatic rings. The lowest BCUT2D eigenvalue weighted by Gasteiger charge is -2.10. The minimum Gasteiger partial charge on any atom is -0.406 e. The van der Waals surface area contributed by atoms with Crippen LogP contribution in [0.25, 0.3) is 22.2 Å². The van der Waals surface area contributed by atoms with E-state index in [4.69, 9.17) is 5.73 Å². The summed E-state index contributed by atoms with van der Waals surface area (Å²) in [4.78, 5) is 23.5. The topological polar surface area (TPSA) is 91.0 Å². The molecule has 9 heteroatoms. The Balaban J connectivity index is 2.05. The number of carbonyl (C=O) groups excluding carboxylic acids is 1. The zero-order valence-corrected chi connectivity index (χ0v) is 11.9. The number of nitrogens with zero attached hydrogens (tertiary/aromatic N) is 3. The maximum absolute atomic E-state index is 12.2. The number of pyridine rings is 1. The summed E-state index contributed by atoms with van der Waals surface area (Å²) in [5.74, 6) is -1.08. The van der Waals surface area contributed by atoms with Crippen LogP contribution in [0.2, 0.25) is 0 Å². The lowest BCUT2D eigenvalue weighted by atomic mass is 10.1. The smallest absolute Gasteiger partial charge is 0.406 e. The van der Waals surface area contributed by atoms with Gasteiger partial charge in [0.1, 0.15) is 22.5 Å². The predicted molar refractivity (Wildman–Crippen MR) is 78.0 cm³/mol. The highest BCUT2D eigenvalue weighted by Crippen LogP contribution is 2.29. The van der Waals surface area contributed by atoms with Gasteiger partial charge in [-0.2, -0.15) is 0 Å². The van der Waals surface area contributed by atoms with Crippen molar-refractivity contribution >= 4 is 16.9 Å². The number of halogens is 3. The number of carbonyl (C=O) groups is 1. The maximum Gasteiger partial charge on any atom is 0.573 e. The molecule has 122 valence electrons. The van der Waals surface area contributed by atoms with Gasteiger partial charge in [-0.1, -0.05) is 12.1 Å². The molecule has 2 N–H and O–H groups in total. The number of rotatable bonds is 3. The Bertz CT molecular complexity index is 911. The van der Waals surface area contributed by atoms with Crippen molar-refractivity contribution in [2.75, 3.05) is 0 Å². The molecule has 1 amide bonds. The van der Waals surface area contributed by atoms with Gasteiger partial charge in [0.15, 0.2) is 0 Å². The van der Waals surface area contributed by atoms with E-state index >= 15 is 0 Å². The standard InChI is InChI=1S/C15H9F3N4O2/c16-15(17,18)24-9-3-1-8(2-4-9)10-5-20-6-11-13(10)22-12(7-21-11)14(19)23/h1-7H,(H2,19,23). The van der Waals surface area contributed by atoms with E-state index in [9.17, 15) is 18.0 Å². The summed E-state index contributed by atoms with van der Waals surface area (Å²) >= 11 is 0. The fourth-order valence-electron chi connectivity index (χ4n) is 2.10. The third kappa shape index (κ3) is 3.24. The molecule has 0 spiro atoms. The number of alkyl halides is 3. The molecule has 3 aromatic rings. The molecule has 2 aromatic heterocycles. The van der Waals surface area contributed by atoms with E-state index < -0.39 is 12.3 Å². The second-order valence-electron chi connectivity index (χ2n) is 4.75. The first-order valence-electron chi connectivity index (χ1n) is 6.60. The molecule has 0 atom stereocenters. The van der Waals surface area contributed by atoms with Crippen molar-refractivity contribution in [3.8, 4) is 16.9 Å². The first kappa shape index (κ1) is 15.7. The highest BCUT2D eigenvalue weighted by atomic mass is 19.4. The van der Waals surface area contributed by atoms with E-state index in [-0.39, 0.29) is 11.4 Å². The lowest BCUT2D eigenvalue weighted by Crippen LogP contribution is -2.16. The van der Waals surface area contributed by atoms with E-state index in [1.165, 1.54) is 42.9 Å². The summed E-state index contributed by atoms with van der Waals surface area (Å²) in [5.41, 5.74) is 7.00. The average Bonchev–Trinajstić information content (AvgIpc) is 2.53. The number of primary amides is 1. The summed E-state index contributed by atoms with van der Waals surface area (Å²) in [6.07, 6.45) is -0.597. The van der Waals surface area contributed by atoms with E-state index in [0.717, 1.165) is 0 Å². The van der Waals surface area contributed by atoms with Gasteiger partial charge in [0, 0.05) is 11.8 Å². The molecule has 0 bridgehead atoms. The molecule has 0 fully saturated rings. The van der Waals surface area contributed by atoms with Crippen LogP contribution in [0, 0.1) is 0 Å². The first-order chi connectivity index (χ1) is 11.3. The SMILES string of the molecule is NC(=O)c1cnc2cncc(-c3ccc(OC(F)(F)F)cc3)c2n1. The van der Waals surface area contributed by atoms with Crippen LogP contribution in [0.15, 0.2) is 42.9 Å². The number of aromatic nitrogens is 3. The highest BCUT2D eigenvalue weighted by Gasteiger charge is 2.31. The number of fused-ring (bicyclic) bond motifs is 1. The summed E-state index contributed by atoms with van der Waals surface area (Å²) < 4.78 is 40.4. The quantitative estimate of drug-likeness (QED) is 0.795. The Morgan fingerprint density at radius 2 is 1.79 bits per heavy atom. The van der Waals surface area contributed by atoms with Crippen LogP contribution in [0.4, 0.5) is 13.2 Å². The molecule has 2 heterocycles. The Hall–Kier alpha value is -3.23. The summed E-state index contributed by atoms with van der Waals surface area (Å²) in [6, 6.07) is 5.20. The minimum absolute atomic E-state index is 0.0213. The van der Waals surface area contributed by atoms with Crippen LogP contribution < -0.4 is 10.5 Å². The molecule has 0 aliphatic heterocycles. The van der Waals surface area contributed by atoms with Gasteiger partial charge >= 0.3 is 6.36 Å². The molecule has 0 unspecified atom stereocenters. The van der Waals surface area contributed by atoms with E-state index in [1.54, 1.807) is 0 Å². The Morgan fingerprint density at radius 1 is 1.08 bits per heavy atom. The summed E-state index contributed by atoms with van der Waals surface area (Å²) in [5, 5.41) is 0. The van der Waals surface area contributed by atoms with Crippen LogP contribution in [-0.4, -0.2) is 27.2 Å². The van der Waals surface area contributed by atoms with Crippen molar-refractivity contribution in [2.45, 2.75) is 6.36 Å². The average molecular weight is 334 g/mol. The third-order valence-electron chi connectivity index (χ3n) is 3.11. The van der Waals surface area contributed by atoms with Crippen LogP contribution in [0.1, 0.15) is 10.5 Å². The fourth-order valence-corrected chi connectivity index (χ4v) is 2.10. The fraction of sp³-hybridized carbons (Fsp3) is 0.0667. The number of hydrogen-bond acceptors (Lipinski definition) is 5. The van der Waals surface area contributed by atoms with Crippen molar-refractivity contribution < 1.29 is 22.7 Å². The maximum atomic E-state index is 12.2. The number of amides is 1. The monoisotopic (exact) mass is 334 g/mol. The minimum atomic E-state index is -4.76. The van der Waals surface area contributed by atoms with E-state index in [0.29, 0.717) is 22.2 Å². The van der Waals surface area contributed by atoms with Crippen molar-refractivity contribution in [1.82, 2.24) is 15.0 Å². The molecule has 6 nitrogen and oxygen atoms in total. The first-order valence-corrected chi connectivity index (χ1v) is 6.60. The second-order valence-corrected chi connectivity index (χ2v) is 4.75. The van der Waals surface area contributed by atoms with E-state index in [1.807, 2.05) is 0 Å². The third-order valence-corrected chi connectivity index (χ3v) is 3.11. The molecular formula is C15H9F3N4O2. The number of benzene rings is 1. The molecule has 0 radical (unpaired) electrons. The molecular weight excluding hydrogens is 325 g/mol. The number of nitrogens with two attached hydrogens (primary N) is 1. The normalized spacial score (nSPS) is 11.5. The van der Waals surface area contributed by atoms with Gasteiger partial charge in [-0.3, -0.25) is 14.8 Å². The largest absolute Gasteiger partial charge is 0.573 e. The van der Waals surface area contributed by atoms with Crippen molar-refractivity contribution in [2.24, 2.45) is 5.73 Å². The number of hydrogen-bond donors (Lipinski definition) is 1. The molecule has 0 aliphatic carbocycles. The van der Waals surface area contributed by atoms with Gasteiger partial charge in [0.2, 0.25) is 0 Å². The van der Waals surface area contributed by atoms with Crippen LogP contribution in [0.5, 0.6) is 5.75 Å². The van der Waals surface area contributed by atoms with Crippen LogP contribution >= 0.6 is 0 Å². The van der Waals surface area contributed by atoms with Gasteiger partial charge in [0.05, 0.1) is 12.4 Å². The van der Waals surface area contributed by atoms with Crippen molar-refractivity contribution in [1.29, 1.82) is 0 Å². The Kier molecular flexibility index (Phi) is 3.76. The molecule has 0 saturated carbocycles.